The molecule has 20 heavy (non-hydrogen) atoms. The van der Waals surface area contributed by atoms with E-state index in [2.05, 4.69) is 0 Å². The summed E-state index contributed by atoms with van der Waals surface area (Å²) in [5, 5.41) is 17.1. The van der Waals surface area contributed by atoms with Crippen LogP contribution in [0.2, 0.25) is 0 Å². The van der Waals surface area contributed by atoms with Gasteiger partial charge in [0, 0.05) is 5.56 Å². The zero-order valence-electron chi connectivity index (χ0n) is 10.4. The van der Waals surface area contributed by atoms with Crippen molar-refractivity contribution < 1.29 is 34.1 Å². The molecule has 0 aliphatic rings. The zero-order chi connectivity index (χ0) is 15.1. The van der Waals surface area contributed by atoms with Crippen LogP contribution in [0.15, 0.2) is 18.2 Å². The summed E-state index contributed by atoms with van der Waals surface area (Å²) in [6.07, 6.45) is 0. The van der Waals surface area contributed by atoms with Crippen molar-refractivity contribution in [1.82, 2.24) is 0 Å². The van der Waals surface area contributed by atoms with Gasteiger partial charge in [0.05, 0.1) is 6.54 Å². The Bertz CT molecular complexity index is 527. The maximum Gasteiger partial charge on any atom is 0.341 e. The van der Waals surface area contributed by atoms with Crippen LogP contribution in [0.25, 0.3) is 0 Å². The van der Waals surface area contributed by atoms with Gasteiger partial charge in [-0.25, -0.2) is 9.59 Å². The quantitative estimate of drug-likeness (QED) is 0.556. The summed E-state index contributed by atoms with van der Waals surface area (Å²) >= 11 is 0. The van der Waals surface area contributed by atoms with Crippen molar-refractivity contribution in [2.45, 2.75) is 0 Å². The maximum atomic E-state index is 11.4. The Kier molecular flexibility index (Phi) is 5.48. The van der Waals surface area contributed by atoms with Gasteiger partial charge in [-0.2, -0.15) is 0 Å². The lowest BCUT2D eigenvalue weighted by Crippen LogP contribution is -2.16. The molecule has 0 radical (unpaired) electrons. The van der Waals surface area contributed by atoms with E-state index < -0.39 is 25.2 Å². The summed E-state index contributed by atoms with van der Waals surface area (Å²) in [6, 6.07) is 3.97. The highest BCUT2D eigenvalue weighted by Gasteiger charge is 2.13. The SMILES string of the molecule is NCC(=O)c1ccc(OCC(=O)O)c(OCC(=O)O)c1. The normalized spacial score (nSPS) is 9.85. The van der Waals surface area contributed by atoms with Gasteiger partial charge in [0.2, 0.25) is 0 Å². The predicted molar refractivity (Wildman–Crippen MR) is 66.1 cm³/mol. The van der Waals surface area contributed by atoms with Crippen molar-refractivity contribution in [2.75, 3.05) is 19.8 Å². The Morgan fingerprint density at radius 2 is 1.55 bits per heavy atom. The molecule has 0 fully saturated rings. The highest BCUT2D eigenvalue weighted by molar-refractivity contribution is 5.98. The standard InChI is InChI=1S/C12H13NO7/c13-4-8(14)7-1-2-9(19-5-11(15)16)10(3-7)20-6-12(17)18/h1-3H,4-6,13H2,(H,15,16)(H,17,18). The van der Waals surface area contributed by atoms with Crippen LogP contribution in [0.4, 0.5) is 0 Å². The number of nitrogens with two attached hydrogens (primary N) is 1. The summed E-state index contributed by atoms with van der Waals surface area (Å²) < 4.78 is 9.89. The Morgan fingerprint density at radius 1 is 1.00 bits per heavy atom. The van der Waals surface area contributed by atoms with Crippen LogP contribution in [-0.2, 0) is 9.59 Å². The number of carboxylic acids is 2. The molecule has 0 aliphatic heterocycles. The van der Waals surface area contributed by atoms with Crippen molar-refractivity contribution in [3.63, 3.8) is 0 Å². The van der Waals surface area contributed by atoms with E-state index in [1.54, 1.807) is 0 Å². The van der Waals surface area contributed by atoms with Gasteiger partial charge in [0.1, 0.15) is 0 Å². The molecule has 1 aromatic rings. The van der Waals surface area contributed by atoms with E-state index >= 15 is 0 Å². The number of carbonyl (C=O) groups is 3. The molecule has 8 nitrogen and oxygen atoms in total. The summed E-state index contributed by atoms with van der Waals surface area (Å²) in [5.74, 6) is -2.79. The van der Waals surface area contributed by atoms with E-state index in [1.807, 2.05) is 0 Å². The van der Waals surface area contributed by atoms with Crippen molar-refractivity contribution in [3.8, 4) is 11.5 Å². The molecule has 1 rings (SSSR count). The highest BCUT2D eigenvalue weighted by atomic mass is 16.5. The second-order valence-corrected chi connectivity index (χ2v) is 3.65. The fourth-order valence-corrected chi connectivity index (χ4v) is 1.31. The number of carbonyl (C=O) groups excluding carboxylic acids is 1. The molecule has 108 valence electrons. The molecule has 0 heterocycles. The van der Waals surface area contributed by atoms with Gasteiger partial charge in [0.15, 0.2) is 30.5 Å². The molecule has 0 amide bonds. The lowest BCUT2D eigenvalue weighted by molar-refractivity contribution is -0.140. The van der Waals surface area contributed by atoms with Crippen molar-refractivity contribution in [3.05, 3.63) is 23.8 Å². The van der Waals surface area contributed by atoms with E-state index in [4.69, 9.17) is 25.4 Å². The van der Waals surface area contributed by atoms with Crippen LogP contribution in [0.5, 0.6) is 11.5 Å². The van der Waals surface area contributed by atoms with Gasteiger partial charge in [-0.15, -0.1) is 0 Å². The number of ketones is 1. The topological polar surface area (TPSA) is 136 Å². The molecule has 8 heteroatoms. The Hall–Kier alpha value is -2.61. The third-order valence-electron chi connectivity index (χ3n) is 2.15. The minimum atomic E-state index is -1.22. The van der Waals surface area contributed by atoms with Crippen molar-refractivity contribution >= 4 is 17.7 Å². The molecular formula is C12H13NO7. The number of benzene rings is 1. The van der Waals surface area contributed by atoms with E-state index in [9.17, 15) is 14.4 Å². The minimum absolute atomic E-state index is 0.0298. The van der Waals surface area contributed by atoms with Crippen molar-refractivity contribution in [1.29, 1.82) is 0 Å². The monoisotopic (exact) mass is 283 g/mol. The molecular weight excluding hydrogens is 270 g/mol. The van der Waals surface area contributed by atoms with Gasteiger partial charge >= 0.3 is 11.9 Å². The Labute approximate surface area is 113 Å². The van der Waals surface area contributed by atoms with Crippen molar-refractivity contribution in [2.24, 2.45) is 5.73 Å². The van der Waals surface area contributed by atoms with Crippen LogP contribution >= 0.6 is 0 Å². The second kappa shape index (κ2) is 7.10. The lowest BCUT2D eigenvalue weighted by atomic mass is 10.1. The van der Waals surface area contributed by atoms with Crippen LogP contribution in [0, 0.1) is 0 Å². The highest BCUT2D eigenvalue weighted by Crippen LogP contribution is 2.28. The molecule has 0 aliphatic carbocycles. The fourth-order valence-electron chi connectivity index (χ4n) is 1.31. The van der Waals surface area contributed by atoms with Crippen LogP contribution in [-0.4, -0.2) is 47.7 Å². The molecule has 0 aromatic heterocycles. The molecule has 0 unspecified atom stereocenters. The average Bonchev–Trinajstić information content (AvgIpc) is 2.42. The fraction of sp³-hybridized carbons (Fsp3) is 0.250. The third kappa shape index (κ3) is 4.58. The third-order valence-corrected chi connectivity index (χ3v) is 2.15. The van der Waals surface area contributed by atoms with E-state index in [-0.39, 0.29) is 29.4 Å². The first kappa shape index (κ1) is 15.4. The number of aliphatic carboxylic acids is 2. The smallest absolute Gasteiger partial charge is 0.341 e. The lowest BCUT2D eigenvalue weighted by Gasteiger charge is -2.11. The summed E-state index contributed by atoms with van der Waals surface area (Å²) in [6.45, 7) is -1.48. The predicted octanol–water partition coefficient (Wildman–Crippen LogP) is -0.245. The van der Waals surface area contributed by atoms with E-state index in [1.165, 1.54) is 18.2 Å². The van der Waals surface area contributed by atoms with Gasteiger partial charge in [0.25, 0.3) is 0 Å². The molecule has 4 N–H and O–H groups in total. The van der Waals surface area contributed by atoms with E-state index in [0.717, 1.165) is 0 Å². The van der Waals surface area contributed by atoms with Crippen LogP contribution in [0.1, 0.15) is 10.4 Å². The second-order valence-electron chi connectivity index (χ2n) is 3.65. The number of rotatable bonds is 8. The largest absolute Gasteiger partial charge is 0.479 e. The summed E-state index contributed by atoms with van der Waals surface area (Å²) in [4.78, 5) is 32.4. The first-order chi connectivity index (χ1) is 9.43. The Balaban J connectivity index is 2.98. The summed E-state index contributed by atoms with van der Waals surface area (Å²) in [5.41, 5.74) is 5.44. The van der Waals surface area contributed by atoms with E-state index in [0.29, 0.717) is 0 Å². The van der Waals surface area contributed by atoms with Gasteiger partial charge in [-0.1, -0.05) is 0 Å². The first-order valence-electron chi connectivity index (χ1n) is 5.50. The van der Waals surface area contributed by atoms with Gasteiger partial charge in [-0.3, -0.25) is 4.79 Å². The number of carboxylic acid groups (broad SMARTS) is 2. The van der Waals surface area contributed by atoms with Gasteiger partial charge in [-0.05, 0) is 18.2 Å². The van der Waals surface area contributed by atoms with Gasteiger partial charge < -0.3 is 25.4 Å². The number of hydrogen-bond donors (Lipinski definition) is 3. The molecule has 0 atom stereocenters. The Morgan fingerprint density at radius 3 is 2.05 bits per heavy atom. The molecule has 0 bridgehead atoms. The minimum Gasteiger partial charge on any atom is -0.479 e. The number of hydrogen-bond acceptors (Lipinski definition) is 6. The molecule has 0 saturated carbocycles. The average molecular weight is 283 g/mol. The molecule has 0 saturated heterocycles. The first-order valence-corrected chi connectivity index (χ1v) is 5.50. The number of ether oxygens (including phenoxy) is 2. The molecule has 1 aromatic carbocycles. The maximum absolute atomic E-state index is 11.4. The number of Topliss-reactive ketones (excluding diaryl/α,β-unsaturated/α-hetero) is 1. The van der Waals surface area contributed by atoms with Crippen LogP contribution in [0.3, 0.4) is 0 Å². The summed E-state index contributed by atoms with van der Waals surface area (Å²) in [7, 11) is 0. The molecule has 0 spiro atoms. The zero-order valence-corrected chi connectivity index (χ0v) is 10.4. The van der Waals surface area contributed by atoms with Crippen LogP contribution < -0.4 is 15.2 Å².